The second-order valence-corrected chi connectivity index (χ2v) is 4.42. The van der Waals surface area contributed by atoms with Gasteiger partial charge in [-0.3, -0.25) is 4.90 Å². The van der Waals surface area contributed by atoms with Gasteiger partial charge in [0.25, 0.3) is 0 Å². The predicted octanol–water partition coefficient (Wildman–Crippen LogP) is 1.71. The summed E-state index contributed by atoms with van der Waals surface area (Å²) in [4.78, 5) is 2.17. The number of benzene rings is 1. The lowest BCUT2D eigenvalue weighted by molar-refractivity contribution is 0.0337. The summed E-state index contributed by atoms with van der Waals surface area (Å²) in [5, 5.41) is 9.37. The van der Waals surface area contributed by atoms with Gasteiger partial charge >= 0.3 is 0 Å². The normalized spacial score (nSPS) is 19.2. The van der Waals surface area contributed by atoms with Crippen LogP contribution in [0.15, 0.2) is 18.2 Å². The Morgan fingerprint density at radius 3 is 2.71 bits per heavy atom. The SMILES string of the molecule is CC(O)c1ccc(CN2CCOCC2)c(F)c1. The van der Waals surface area contributed by atoms with E-state index in [2.05, 4.69) is 4.90 Å². The fourth-order valence-corrected chi connectivity index (χ4v) is 1.95. The first kappa shape index (κ1) is 12.5. The van der Waals surface area contributed by atoms with Gasteiger partial charge in [0.05, 0.1) is 19.3 Å². The Morgan fingerprint density at radius 1 is 1.41 bits per heavy atom. The molecule has 1 unspecified atom stereocenters. The summed E-state index contributed by atoms with van der Waals surface area (Å²) in [6.07, 6.45) is -0.623. The van der Waals surface area contributed by atoms with Crippen molar-refractivity contribution in [2.24, 2.45) is 0 Å². The van der Waals surface area contributed by atoms with Gasteiger partial charge in [-0.05, 0) is 18.6 Å². The molecule has 94 valence electrons. The summed E-state index contributed by atoms with van der Waals surface area (Å²) in [6.45, 7) is 5.36. The molecule has 2 rings (SSSR count). The fourth-order valence-electron chi connectivity index (χ4n) is 1.95. The third kappa shape index (κ3) is 3.25. The first-order chi connectivity index (χ1) is 8.16. The van der Waals surface area contributed by atoms with Gasteiger partial charge in [-0.25, -0.2) is 4.39 Å². The molecule has 0 spiro atoms. The molecule has 1 saturated heterocycles. The maximum absolute atomic E-state index is 13.8. The third-order valence-electron chi connectivity index (χ3n) is 3.06. The van der Waals surface area contributed by atoms with Gasteiger partial charge in [0, 0.05) is 25.2 Å². The molecule has 0 radical (unpaired) electrons. The molecule has 1 N–H and O–H groups in total. The standard InChI is InChI=1S/C13H18FNO2/c1-10(16)11-2-3-12(13(14)8-11)9-15-4-6-17-7-5-15/h2-3,8,10,16H,4-7,9H2,1H3. The van der Waals surface area contributed by atoms with E-state index in [4.69, 9.17) is 4.74 Å². The zero-order chi connectivity index (χ0) is 12.3. The molecule has 1 aromatic carbocycles. The van der Waals surface area contributed by atoms with E-state index in [0.717, 1.165) is 13.1 Å². The highest BCUT2D eigenvalue weighted by Gasteiger charge is 2.13. The number of rotatable bonds is 3. The Hall–Kier alpha value is -0.970. The van der Waals surface area contributed by atoms with Crippen molar-refractivity contribution < 1.29 is 14.2 Å². The number of hydrogen-bond acceptors (Lipinski definition) is 3. The molecule has 0 aliphatic carbocycles. The maximum atomic E-state index is 13.8. The minimum absolute atomic E-state index is 0.241. The second kappa shape index (κ2) is 5.58. The zero-order valence-electron chi connectivity index (χ0n) is 10.0. The van der Waals surface area contributed by atoms with Gasteiger partial charge < -0.3 is 9.84 Å². The number of aliphatic hydroxyl groups is 1. The van der Waals surface area contributed by atoms with E-state index in [1.807, 2.05) is 0 Å². The monoisotopic (exact) mass is 239 g/mol. The Bertz CT molecular complexity index is 376. The van der Waals surface area contributed by atoms with Crippen LogP contribution in [0.5, 0.6) is 0 Å². The van der Waals surface area contributed by atoms with Crippen molar-refractivity contribution in [3.63, 3.8) is 0 Å². The van der Waals surface area contributed by atoms with Crippen molar-refractivity contribution >= 4 is 0 Å². The molecule has 17 heavy (non-hydrogen) atoms. The summed E-state index contributed by atoms with van der Waals surface area (Å²) < 4.78 is 19.0. The number of ether oxygens (including phenoxy) is 1. The van der Waals surface area contributed by atoms with Gasteiger partial charge in [0.1, 0.15) is 5.82 Å². The van der Waals surface area contributed by atoms with Gasteiger partial charge in [0.2, 0.25) is 0 Å². The Balaban J connectivity index is 2.05. The van der Waals surface area contributed by atoms with Crippen molar-refractivity contribution in [2.75, 3.05) is 26.3 Å². The quantitative estimate of drug-likeness (QED) is 0.871. The lowest BCUT2D eigenvalue weighted by Gasteiger charge is -2.26. The summed E-state index contributed by atoms with van der Waals surface area (Å²) >= 11 is 0. The Morgan fingerprint density at radius 2 is 2.12 bits per heavy atom. The van der Waals surface area contributed by atoms with Crippen molar-refractivity contribution in [2.45, 2.75) is 19.6 Å². The van der Waals surface area contributed by atoms with Gasteiger partial charge in [0.15, 0.2) is 0 Å². The Labute approximate surface area is 101 Å². The molecule has 4 heteroatoms. The van der Waals surface area contributed by atoms with Crippen LogP contribution in [0.2, 0.25) is 0 Å². The average Bonchev–Trinajstić information content (AvgIpc) is 2.33. The minimum atomic E-state index is -0.623. The first-order valence-electron chi connectivity index (χ1n) is 5.93. The highest BCUT2D eigenvalue weighted by molar-refractivity contribution is 5.25. The van der Waals surface area contributed by atoms with E-state index in [9.17, 15) is 9.50 Å². The van der Waals surface area contributed by atoms with Crippen LogP contribution < -0.4 is 0 Å². The maximum Gasteiger partial charge on any atom is 0.128 e. The number of hydrogen-bond donors (Lipinski definition) is 1. The summed E-state index contributed by atoms with van der Waals surface area (Å²) in [7, 11) is 0. The third-order valence-corrected chi connectivity index (χ3v) is 3.06. The van der Waals surface area contributed by atoms with Gasteiger partial charge in [-0.1, -0.05) is 12.1 Å². The largest absolute Gasteiger partial charge is 0.389 e. The summed E-state index contributed by atoms with van der Waals surface area (Å²) in [5.41, 5.74) is 1.30. The fraction of sp³-hybridized carbons (Fsp3) is 0.538. The van der Waals surface area contributed by atoms with E-state index in [1.54, 1.807) is 19.1 Å². The van der Waals surface area contributed by atoms with Crippen LogP contribution in [0.3, 0.4) is 0 Å². The molecule has 1 aliphatic rings. The lowest BCUT2D eigenvalue weighted by atomic mass is 10.1. The second-order valence-electron chi connectivity index (χ2n) is 4.42. The summed E-state index contributed by atoms with van der Waals surface area (Å²) in [6, 6.07) is 4.96. The Kier molecular flexibility index (Phi) is 4.10. The number of aliphatic hydroxyl groups excluding tert-OH is 1. The molecule has 0 bridgehead atoms. The highest BCUT2D eigenvalue weighted by Crippen LogP contribution is 2.18. The van der Waals surface area contributed by atoms with Crippen molar-refractivity contribution in [3.05, 3.63) is 35.1 Å². The molecule has 1 fully saturated rings. The molecular formula is C13H18FNO2. The predicted molar refractivity (Wildman–Crippen MR) is 63.1 cm³/mol. The van der Waals surface area contributed by atoms with Crippen molar-refractivity contribution in [3.8, 4) is 0 Å². The topological polar surface area (TPSA) is 32.7 Å². The molecule has 0 saturated carbocycles. The van der Waals surface area contributed by atoms with Gasteiger partial charge in [-0.2, -0.15) is 0 Å². The zero-order valence-corrected chi connectivity index (χ0v) is 10.0. The van der Waals surface area contributed by atoms with Gasteiger partial charge in [-0.15, -0.1) is 0 Å². The molecular weight excluding hydrogens is 221 g/mol. The molecule has 0 aromatic heterocycles. The smallest absolute Gasteiger partial charge is 0.128 e. The number of nitrogens with zero attached hydrogens (tertiary/aromatic N) is 1. The molecule has 1 aliphatic heterocycles. The first-order valence-corrected chi connectivity index (χ1v) is 5.93. The van der Waals surface area contributed by atoms with Crippen LogP contribution in [0.1, 0.15) is 24.2 Å². The van der Waals surface area contributed by atoms with E-state index in [0.29, 0.717) is 30.9 Å². The van der Waals surface area contributed by atoms with E-state index < -0.39 is 6.10 Å². The number of halogens is 1. The lowest BCUT2D eigenvalue weighted by Crippen LogP contribution is -2.35. The van der Waals surface area contributed by atoms with E-state index in [1.165, 1.54) is 6.07 Å². The van der Waals surface area contributed by atoms with Crippen LogP contribution in [0.25, 0.3) is 0 Å². The molecule has 1 aromatic rings. The van der Waals surface area contributed by atoms with E-state index in [-0.39, 0.29) is 5.82 Å². The average molecular weight is 239 g/mol. The molecule has 1 heterocycles. The molecule has 1 atom stereocenters. The van der Waals surface area contributed by atoms with Crippen LogP contribution in [-0.4, -0.2) is 36.3 Å². The highest BCUT2D eigenvalue weighted by atomic mass is 19.1. The van der Waals surface area contributed by atoms with Crippen LogP contribution in [-0.2, 0) is 11.3 Å². The van der Waals surface area contributed by atoms with E-state index >= 15 is 0 Å². The van der Waals surface area contributed by atoms with Crippen molar-refractivity contribution in [1.29, 1.82) is 0 Å². The molecule has 3 nitrogen and oxygen atoms in total. The van der Waals surface area contributed by atoms with Crippen LogP contribution in [0, 0.1) is 5.82 Å². The minimum Gasteiger partial charge on any atom is -0.389 e. The van der Waals surface area contributed by atoms with Crippen LogP contribution >= 0.6 is 0 Å². The number of morpholine rings is 1. The van der Waals surface area contributed by atoms with Crippen molar-refractivity contribution in [1.82, 2.24) is 4.90 Å². The van der Waals surface area contributed by atoms with Crippen LogP contribution in [0.4, 0.5) is 4.39 Å². The summed E-state index contributed by atoms with van der Waals surface area (Å²) in [5.74, 6) is -0.241. The molecule has 0 amide bonds.